The minimum atomic E-state index is -0.792. The molecule has 1 fully saturated rings. The lowest BCUT2D eigenvalue weighted by Gasteiger charge is -2.26. The lowest BCUT2D eigenvalue weighted by molar-refractivity contribution is -0.138. The van der Waals surface area contributed by atoms with Gasteiger partial charge >= 0.3 is 0 Å². The number of hydrogen-bond acceptors (Lipinski definition) is 3. The van der Waals surface area contributed by atoms with Crippen LogP contribution in [-0.4, -0.2) is 24.5 Å². The smallest absolute Gasteiger partial charge is 0.243 e. The van der Waals surface area contributed by atoms with Gasteiger partial charge in [0.25, 0.3) is 0 Å². The molecule has 0 bridgehead atoms. The number of nitriles is 1. The maximum atomic E-state index is 12.6. The van der Waals surface area contributed by atoms with E-state index in [4.69, 9.17) is 4.74 Å². The summed E-state index contributed by atoms with van der Waals surface area (Å²) in [5.41, 5.74) is 0.250. The van der Waals surface area contributed by atoms with E-state index in [9.17, 15) is 10.1 Å². The van der Waals surface area contributed by atoms with Crippen LogP contribution in [0.2, 0.25) is 0 Å². The monoisotopic (exact) mass is 286 g/mol. The minimum absolute atomic E-state index is 0.0450. The third-order valence-electron chi connectivity index (χ3n) is 4.08. The molecule has 1 saturated carbocycles. The Bertz CT molecular complexity index is 525. The maximum Gasteiger partial charge on any atom is 0.243 e. The van der Waals surface area contributed by atoms with Crippen LogP contribution in [0.5, 0.6) is 5.75 Å². The molecule has 112 valence electrons. The van der Waals surface area contributed by atoms with Crippen molar-refractivity contribution in [2.24, 2.45) is 5.41 Å². The summed E-state index contributed by atoms with van der Waals surface area (Å²) in [6, 6.07) is 10.00. The maximum absolute atomic E-state index is 12.6. The van der Waals surface area contributed by atoms with Gasteiger partial charge < -0.3 is 9.64 Å². The van der Waals surface area contributed by atoms with E-state index in [1.807, 2.05) is 31.2 Å². The van der Waals surface area contributed by atoms with E-state index in [0.717, 1.165) is 24.2 Å². The fourth-order valence-corrected chi connectivity index (χ4v) is 2.92. The fraction of sp³-hybridized carbons (Fsp3) is 0.529. The molecular weight excluding hydrogens is 264 g/mol. The zero-order chi connectivity index (χ0) is 15.3. The first-order valence-corrected chi connectivity index (χ1v) is 7.50. The van der Waals surface area contributed by atoms with Crippen LogP contribution in [0.1, 0.15) is 38.2 Å². The molecule has 0 radical (unpaired) electrons. The van der Waals surface area contributed by atoms with Crippen molar-refractivity contribution >= 4 is 5.91 Å². The largest absolute Gasteiger partial charge is 0.494 e. The first-order valence-electron chi connectivity index (χ1n) is 7.50. The van der Waals surface area contributed by atoms with E-state index in [0.29, 0.717) is 26.0 Å². The molecule has 0 heterocycles. The van der Waals surface area contributed by atoms with Crippen molar-refractivity contribution in [3.63, 3.8) is 0 Å². The van der Waals surface area contributed by atoms with Crippen molar-refractivity contribution in [3.05, 3.63) is 29.8 Å². The number of amides is 1. The van der Waals surface area contributed by atoms with E-state index in [-0.39, 0.29) is 5.91 Å². The quantitative estimate of drug-likeness (QED) is 0.835. The number of benzene rings is 1. The summed E-state index contributed by atoms with van der Waals surface area (Å²) < 4.78 is 5.40. The van der Waals surface area contributed by atoms with Gasteiger partial charge in [-0.1, -0.05) is 25.0 Å². The Morgan fingerprint density at radius 1 is 1.33 bits per heavy atom. The molecular formula is C17H22N2O2. The summed E-state index contributed by atoms with van der Waals surface area (Å²) in [4.78, 5) is 14.2. The molecule has 1 aromatic carbocycles. The van der Waals surface area contributed by atoms with Gasteiger partial charge in [-0.25, -0.2) is 0 Å². The first-order chi connectivity index (χ1) is 10.1. The highest BCUT2D eigenvalue weighted by molar-refractivity contribution is 5.85. The highest BCUT2D eigenvalue weighted by atomic mass is 16.5. The van der Waals surface area contributed by atoms with Crippen LogP contribution in [0.3, 0.4) is 0 Å². The Balaban J connectivity index is 2.02. The van der Waals surface area contributed by atoms with Crippen LogP contribution < -0.4 is 4.74 Å². The summed E-state index contributed by atoms with van der Waals surface area (Å²) in [5.74, 6) is 0.788. The molecule has 0 aromatic heterocycles. The fourth-order valence-electron chi connectivity index (χ4n) is 2.92. The van der Waals surface area contributed by atoms with Crippen molar-refractivity contribution in [1.82, 2.24) is 4.90 Å². The SMILES string of the molecule is CCOc1ccc(CN(C)C(=O)C2(C#N)CCCC2)cc1. The zero-order valence-electron chi connectivity index (χ0n) is 12.8. The average molecular weight is 286 g/mol. The lowest BCUT2D eigenvalue weighted by atomic mass is 9.86. The average Bonchev–Trinajstić information content (AvgIpc) is 2.99. The molecule has 4 nitrogen and oxygen atoms in total. The summed E-state index contributed by atoms with van der Waals surface area (Å²) in [5, 5.41) is 9.38. The number of ether oxygens (including phenoxy) is 1. The zero-order valence-corrected chi connectivity index (χ0v) is 12.8. The first kappa shape index (κ1) is 15.4. The van der Waals surface area contributed by atoms with Gasteiger partial charge in [-0.2, -0.15) is 5.26 Å². The Morgan fingerprint density at radius 3 is 2.48 bits per heavy atom. The van der Waals surface area contributed by atoms with Gasteiger partial charge in [0.05, 0.1) is 12.7 Å². The van der Waals surface area contributed by atoms with Gasteiger partial charge in [0.2, 0.25) is 5.91 Å². The minimum Gasteiger partial charge on any atom is -0.494 e. The molecule has 0 aliphatic heterocycles. The number of hydrogen-bond donors (Lipinski definition) is 0. The third kappa shape index (κ3) is 3.36. The van der Waals surface area contributed by atoms with Gasteiger partial charge in [0.15, 0.2) is 0 Å². The second-order valence-electron chi connectivity index (χ2n) is 5.64. The van der Waals surface area contributed by atoms with Crippen molar-refractivity contribution in [2.45, 2.75) is 39.2 Å². The van der Waals surface area contributed by atoms with Crippen molar-refractivity contribution in [2.75, 3.05) is 13.7 Å². The summed E-state index contributed by atoms with van der Waals surface area (Å²) >= 11 is 0. The molecule has 1 amide bonds. The number of carbonyl (C=O) groups is 1. The molecule has 1 aromatic rings. The van der Waals surface area contributed by atoms with Crippen molar-refractivity contribution < 1.29 is 9.53 Å². The molecule has 2 rings (SSSR count). The molecule has 21 heavy (non-hydrogen) atoms. The Kier molecular flexibility index (Phi) is 4.85. The summed E-state index contributed by atoms with van der Waals surface area (Å²) in [6.07, 6.45) is 3.32. The van der Waals surface area contributed by atoms with Gasteiger partial charge in [0, 0.05) is 13.6 Å². The molecule has 0 spiro atoms. The van der Waals surface area contributed by atoms with E-state index < -0.39 is 5.41 Å². The van der Waals surface area contributed by atoms with Gasteiger partial charge in [0.1, 0.15) is 11.2 Å². The van der Waals surface area contributed by atoms with Crippen molar-refractivity contribution in [1.29, 1.82) is 5.26 Å². The van der Waals surface area contributed by atoms with E-state index >= 15 is 0 Å². The molecule has 0 atom stereocenters. The normalized spacial score (nSPS) is 16.2. The Labute approximate surface area is 126 Å². The molecule has 4 heteroatoms. The standard InChI is InChI=1S/C17H22N2O2/c1-3-21-15-8-6-14(7-9-15)12-19(2)16(20)17(13-18)10-4-5-11-17/h6-9H,3-5,10-12H2,1-2H3. The van der Waals surface area contributed by atoms with E-state index in [1.54, 1.807) is 11.9 Å². The number of carbonyl (C=O) groups excluding carboxylic acids is 1. The van der Waals surface area contributed by atoms with Crippen LogP contribution >= 0.6 is 0 Å². The predicted octanol–water partition coefficient (Wildman–Crippen LogP) is 3.13. The van der Waals surface area contributed by atoms with Crippen molar-refractivity contribution in [3.8, 4) is 11.8 Å². The predicted molar refractivity (Wildman–Crippen MR) is 80.6 cm³/mol. The third-order valence-corrected chi connectivity index (χ3v) is 4.08. The van der Waals surface area contributed by atoms with Crippen LogP contribution in [0.4, 0.5) is 0 Å². The molecule has 1 aliphatic rings. The summed E-state index contributed by atoms with van der Waals surface area (Å²) in [6.45, 7) is 3.11. The lowest BCUT2D eigenvalue weighted by Crippen LogP contribution is -2.39. The van der Waals surface area contributed by atoms with Crippen LogP contribution in [0.25, 0.3) is 0 Å². The second-order valence-corrected chi connectivity index (χ2v) is 5.64. The number of rotatable bonds is 5. The Hall–Kier alpha value is -2.02. The van der Waals surface area contributed by atoms with Crippen LogP contribution in [-0.2, 0) is 11.3 Å². The highest BCUT2D eigenvalue weighted by Gasteiger charge is 2.43. The molecule has 0 saturated heterocycles. The van der Waals surface area contributed by atoms with Gasteiger partial charge in [-0.05, 0) is 37.5 Å². The van der Waals surface area contributed by atoms with E-state index in [1.165, 1.54) is 0 Å². The second kappa shape index (κ2) is 6.62. The van der Waals surface area contributed by atoms with E-state index in [2.05, 4.69) is 6.07 Å². The van der Waals surface area contributed by atoms with Crippen LogP contribution in [0, 0.1) is 16.7 Å². The molecule has 0 N–H and O–H groups in total. The molecule has 0 unspecified atom stereocenters. The van der Waals surface area contributed by atoms with Crippen LogP contribution in [0.15, 0.2) is 24.3 Å². The number of nitrogens with zero attached hydrogens (tertiary/aromatic N) is 2. The highest BCUT2D eigenvalue weighted by Crippen LogP contribution is 2.39. The summed E-state index contributed by atoms with van der Waals surface area (Å²) in [7, 11) is 1.77. The van der Waals surface area contributed by atoms with Gasteiger partial charge in [-0.3, -0.25) is 4.79 Å². The van der Waals surface area contributed by atoms with Gasteiger partial charge in [-0.15, -0.1) is 0 Å². The Morgan fingerprint density at radius 2 is 1.95 bits per heavy atom. The topological polar surface area (TPSA) is 53.3 Å². The molecule has 1 aliphatic carbocycles.